The molecule has 0 bridgehead atoms. The summed E-state index contributed by atoms with van der Waals surface area (Å²) in [7, 11) is 0. The molecule has 0 heterocycles. The van der Waals surface area contributed by atoms with Gasteiger partial charge < -0.3 is 4.74 Å². The van der Waals surface area contributed by atoms with E-state index in [1.807, 2.05) is 6.08 Å². The summed E-state index contributed by atoms with van der Waals surface area (Å²) >= 11 is 0. The number of allylic oxidation sites excluding steroid dienone is 1. The molecule has 14 heavy (non-hydrogen) atoms. The smallest absolute Gasteiger partial charge is 0.335 e. The second-order valence-electron chi connectivity index (χ2n) is 3.21. The number of esters is 1. The fourth-order valence-corrected chi connectivity index (χ4v) is 1.17. The van der Waals surface area contributed by atoms with E-state index in [-0.39, 0.29) is 5.97 Å². The lowest BCUT2D eigenvalue weighted by atomic mass is 10.1. The first-order chi connectivity index (χ1) is 6.81. The molecule has 0 aliphatic rings. The lowest BCUT2D eigenvalue weighted by Crippen LogP contribution is -1.92. The minimum atomic E-state index is -0.339. The van der Waals surface area contributed by atoms with Gasteiger partial charge in [-0.15, -0.1) is 0 Å². The molecule has 0 fully saturated rings. The standard InChI is InChI=1S/C12H20O2/c1-3-5-6-7-8-9-10-11-12(13)14-4-2/h4,10-11H,2-3,5-9H2,1H3. The number of unbranched alkanes of at least 4 members (excludes halogenated alkanes) is 5. The van der Waals surface area contributed by atoms with Gasteiger partial charge in [0.05, 0.1) is 6.26 Å². The molecular weight excluding hydrogens is 176 g/mol. The van der Waals surface area contributed by atoms with Gasteiger partial charge in [0, 0.05) is 6.08 Å². The number of hydrogen-bond donors (Lipinski definition) is 0. The molecule has 0 aliphatic heterocycles. The molecule has 0 aromatic carbocycles. The Labute approximate surface area is 86.6 Å². The Morgan fingerprint density at radius 2 is 2.00 bits per heavy atom. The van der Waals surface area contributed by atoms with Gasteiger partial charge in [0.15, 0.2) is 0 Å². The fourth-order valence-electron chi connectivity index (χ4n) is 1.17. The zero-order chi connectivity index (χ0) is 10.6. The van der Waals surface area contributed by atoms with Gasteiger partial charge in [-0.25, -0.2) is 4.79 Å². The molecule has 0 rings (SSSR count). The second-order valence-corrected chi connectivity index (χ2v) is 3.21. The molecule has 0 atom stereocenters. The molecule has 2 nitrogen and oxygen atoms in total. The average Bonchev–Trinajstić information content (AvgIpc) is 2.17. The van der Waals surface area contributed by atoms with E-state index in [4.69, 9.17) is 0 Å². The second kappa shape index (κ2) is 10.0. The van der Waals surface area contributed by atoms with Crippen LogP contribution in [0.4, 0.5) is 0 Å². The summed E-state index contributed by atoms with van der Waals surface area (Å²) < 4.78 is 4.53. The predicted molar refractivity (Wildman–Crippen MR) is 58.8 cm³/mol. The summed E-state index contributed by atoms with van der Waals surface area (Å²) in [5.41, 5.74) is 0. The van der Waals surface area contributed by atoms with E-state index in [9.17, 15) is 4.79 Å². The molecule has 0 unspecified atom stereocenters. The van der Waals surface area contributed by atoms with Crippen molar-refractivity contribution in [1.82, 2.24) is 0 Å². The van der Waals surface area contributed by atoms with Gasteiger partial charge in [-0.05, 0) is 12.8 Å². The molecule has 0 aliphatic carbocycles. The van der Waals surface area contributed by atoms with Crippen molar-refractivity contribution in [1.29, 1.82) is 0 Å². The van der Waals surface area contributed by atoms with Crippen LogP contribution in [0.25, 0.3) is 0 Å². The molecule has 0 aromatic heterocycles. The van der Waals surface area contributed by atoms with Crippen molar-refractivity contribution in [2.75, 3.05) is 0 Å². The van der Waals surface area contributed by atoms with Crippen LogP contribution in [0.1, 0.15) is 45.4 Å². The summed E-state index contributed by atoms with van der Waals surface area (Å²) in [5, 5.41) is 0. The SMILES string of the molecule is C=COC(=O)C=CCCCCCCC. The molecular formula is C12H20O2. The molecule has 0 N–H and O–H groups in total. The van der Waals surface area contributed by atoms with Gasteiger partial charge in [-0.3, -0.25) is 0 Å². The lowest BCUT2D eigenvalue weighted by molar-refractivity contribution is -0.132. The highest BCUT2D eigenvalue weighted by atomic mass is 16.5. The van der Waals surface area contributed by atoms with Crippen LogP contribution in [0.3, 0.4) is 0 Å². The highest BCUT2D eigenvalue weighted by Crippen LogP contribution is 2.05. The van der Waals surface area contributed by atoms with E-state index in [1.165, 1.54) is 31.8 Å². The summed E-state index contributed by atoms with van der Waals surface area (Å²) in [6.45, 7) is 5.50. The van der Waals surface area contributed by atoms with E-state index in [0.717, 1.165) is 19.1 Å². The Bertz CT molecular complexity index is 183. The van der Waals surface area contributed by atoms with Gasteiger partial charge in [0.1, 0.15) is 0 Å². The van der Waals surface area contributed by atoms with Crippen molar-refractivity contribution in [3.05, 3.63) is 25.0 Å². The quantitative estimate of drug-likeness (QED) is 0.257. The van der Waals surface area contributed by atoms with Crippen molar-refractivity contribution >= 4 is 5.97 Å². The molecule has 0 radical (unpaired) electrons. The summed E-state index contributed by atoms with van der Waals surface area (Å²) in [4.78, 5) is 10.8. The van der Waals surface area contributed by atoms with Crippen molar-refractivity contribution in [3.63, 3.8) is 0 Å². The van der Waals surface area contributed by atoms with Crippen LogP contribution in [-0.4, -0.2) is 5.97 Å². The minimum Gasteiger partial charge on any atom is -0.432 e. The summed E-state index contributed by atoms with van der Waals surface area (Å²) in [6.07, 6.45) is 11.7. The first-order valence-electron chi connectivity index (χ1n) is 5.29. The third kappa shape index (κ3) is 9.04. The van der Waals surface area contributed by atoms with Crippen molar-refractivity contribution in [2.24, 2.45) is 0 Å². The first kappa shape index (κ1) is 12.9. The van der Waals surface area contributed by atoms with Crippen LogP contribution >= 0.6 is 0 Å². The molecule has 80 valence electrons. The third-order valence-corrected chi connectivity index (χ3v) is 1.93. The predicted octanol–water partition coefficient (Wildman–Crippen LogP) is 3.59. The molecule has 0 saturated carbocycles. The Kier molecular flexibility index (Phi) is 9.28. The molecule has 0 aromatic rings. The van der Waals surface area contributed by atoms with Crippen molar-refractivity contribution in [2.45, 2.75) is 45.4 Å². The maximum Gasteiger partial charge on any atom is 0.335 e. The van der Waals surface area contributed by atoms with E-state index >= 15 is 0 Å². The zero-order valence-corrected chi connectivity index (χ0v) is 9.00. The lowest BCUT2D eigenvalue weighted by Gasteiger charge is -1.95. The molecule has 0 spiro atoms. The Morgan fingerprint density at radius 1 is 1.29 bits per heavy atom. The summed E-state index contributed by atoms with van der Waals surface area (Å²) in [5.74, 6) is -0.339. The maximum absolute atomic E-state index is 10.8. The summed E-state index contributed by atoms with van der Waals surface area (Å²) in [6, 6.07) is 0. The largest absolute Gasteiger partial charge is 0.432 e. The number of carbonyl (C=O) groups excluding carboxylic acids is 1. The van der Waals surface area contributed by atoms with Gasteiger partial charge in [-0.2, -0.15) is 0 Å². The van der Waals surface area contributed by atoms with Crippen LogP contribution in [0, 0.1) is 0 Å². The number of carbonyl (C=O) groups is 1. The van der Waals surface area contributed by atoms with Gasteiger partial charge in [0.25, 0.3) is 0 Å². The van der Waals surface area contributed by atoms with E-state index in [0.29, 0.717) is 0 Å². The highest BCUT2D eigenvalue weighted by Gasteiger charge is 1.91. The third-order valence-electron chi connectivity index (χ3n) is 1.93. The molecule has 0 amide bonds. The Hall–Kier alpha value is -1.05. The number of hydrogen-bond acceptors (Lipinski definition) is 2. The van der Waals surface area contributed by atoms with E-state index < -0.39 is 0 Å². The fraction of sp³-hybridized carbons (Fsp3) is 0.583. The number of ether oxygens (including phenoxy) is 1. The van der Waals surface area contributed by atoms with E-state index in [1.54, 1.807) is 0 Å². The van der Waals surface area contributed by atoms with Crippen LogP contribution in [0.2, 0.25) is 0 Å². The average molecular weight is 196 g/mol. The van der Waals surface area contributed by atoms with E-state index in [2.05, 4.69) is 18.2 Å². The van der Waals surface area contributed by atoms with Crippen LogP contribution in [0.5, 0.6) is 0 Å². The Morgan fingerprint density at radius 3 is 2.64 bits per heavy atom. The minimum absolute atomic E-state index is 0.339. The van der Waals surface area contributed by atoms with Gasteiger partial charge >= 0.3 is 5.97 Å². The Balaban J connectivity index is 3.26. The monoisotopic (exact) mass is 196 g/mol. The highest BCUT2D eigenvalue weighted by molar-refractivity contribution is 5.82. The van der Waals surface area contributed by atoms with Crippen molar-refractivity contribution in [3.8, 4) is 0 Å². The molecule has 2 heteroatoms. The van der Waals surface area contributed by atoms with Gasteiger partial charge in [0.2, 0.25) is 0 Å². The van der Waals surface area contributed by atoms with Gasteiger partial charge in [-0.1, -0.05) is 45.3 Å². The molecule has 0 saturated heterocycles. The normalized spacial score (nSPS) is 10.4. The van der Waals surface area contributed by atoms with Crippen LogP contribution in [-0.2, 0) is 9.53 Å². The first-order valence-corrected chi connectivity index (χ1v) is 5.29. The van der Waals surface area contributed by atoms with Crippen LogP contribution in [0.15, 0.2) is 25.0 Å². The number of rotatable bonds is 8. The zero-order valence-electron chi connectivity index (χ0n) is 9.00. The topological polar surface area (TPSA) is 26.3 Å². The van der Waals surface area contributed by atoms with Crippen LogP contribution < -0.4 is 0 Å². The maximum atomic E-state index is 10.8. The van der Waals surface area contributed by atoms with Crippen molar-refractivity contribution < 1.29 is 9.53 Å².